The third kappa shape index (κ3) is 3.23. The molecule has 0 aliphatic carbocycles. The number of aliphatic hydroxyl groups excluding tert-OH is 1. The van der Waals surface area contributed by atoms with Crippen LogP contribution in [0.3, 0.4) is 0 Å². The summed E-state index contributed by atoms with van der Waals surface area (Å²) < 4.78 is 40.0. The van der Waals surface area contributed by atoms with Crippen molar-refractivity contribution in [2.45, 2.75) is 30.8 Å². The molecule has 0 saturated carbocycles. The van der Waals surface area contributed by atoms with Crippen molar-refractivity contribution in [2.75, 3.05) is 13.1 Å². The maximum Gasteiger partial charge on any atom is 0.245 e. The molecule has 2 rings (SSSR count). The van der Waals surface area contributed by atoms with Crippen LogP contribution in [0.2, 0.25) is 0 Å². The van der Waals surface area contributed by atoms with Crippen molar-refractivity contribution in [3.05, 3.63) is 29.6 Å². The molecule has 0 spiro atoms. The van der Waals surface area contributed by atoms with Crippen LogP contribution in [0.15, 0.2) is 23.1 Å². The van der Waals surface area contributed by atoms with Gasteiger partial charge in [-0.15, -0.1) is 0 Å². The van der Waals surface area contributed by atoms with E-state index in [1.807, 2.05) is 0 Å². The number of sulfonamides is 1. The Bertz CT molecular complexity index is 659. The van der Waals surface area contributed by atoms with E-state index in [1.165, 1.54) is 10.4 Å². The van der Waals surface area contributed by atoms with E-state index < -0.39 is 26.8 Å². The zero-order valence-corrected chi connectivity index (χ0v) is 12.5. The number of rotatable bonds is 3. The van der Waals surface area contributed by atoms with Gasteiger partial charge in [-0.25, -0.2) is 12.8 Å². The first kappa shape index (κ1) is 15.9. The first-order valence-corrected chi connectivity index (χ1v) is 8.18. The van der Waals surface area contributed by atoms with E-state index in [4.69, 9.17) is 5.26 Å². The standard InChI is InChI=1S/C14H17FN2O3S/c1-10(18)12-4-6-17(7-5-12)21(19,20)14-3-2-11(9-16)8-13(14)15/h2-3,8,10,12,18H,4-7H2,1H3. The molecule has 114 valence electrons. The van der Waals surface area contributed by atoms with Crippen molar-refractivity contribution in [1.29, 1.82) is 5.26 Å². The number of halogens is 1. The third-order valence-corrected chi connectivity index (χ3v) is 5.79. The molecule has 1 aromatic carbocycles. The highest BCUT2D eigenvalue weighted by atomic mass is 32.2. The topological polar surface area (TPSA) is 81.4 Å². The highest BCUT2D eigenvalue weighted by Gasteiger charge is 2.32. The predicted molar refractivity (Wildman–Crippen MR) is 74.3 cm³/mol. The molecule has 1 aliphatic heterocycles. The molecule has 1 saturated heterocycles. The first-order valence-electron chi connectivity index (χ1n) is 6.74. The summed E-state index contributed by atoms with van der Waals surface area (Å²) in [6, 6.07) is 5.11. The normalized spacial score (nSPS) is 19.1. The number of piperidine rings is 1. The summed E-state index contributed by atoms with van der Waals surface area (Å²) in [4.78, 5) is -0.406. The van der Waals surface area contributed by atoms with Crippen LogP contribution < -0.4 is 0 Å². The molecule has 1 N–H and O–H groups in total. The summed E-state index contributed by atoms with van der Waals surface area (Å²) >= 11 is 0. The Morgan fingerprint density at radius 2 is 2.05 bits per heavy atom. The van der Waals surface area contributed by atoms with Gasteiger partial charge in [-0.3, -0.25) is 0 Å². The zero-order chi connectivity index (χ0) is 15.6. The lowest BCUT2D eigenvalue weighted by Gasteiger charge is -2.32. The molecule has 1 aromatic rings. The second kappa shape index (κ2) is 6.10. The van der Waals surface area contributed by atoms with Crippen molar-refractivity contribution in [1.82, 2.24) is 4.31 Å². The van der Waals surface area contributed by atoms with Crippen molar-refractivity contribution in [3.8, 4) is 6.07 Å². The van der Waals surface area contributed by atoms with E-state index in [9.17, 15) is 17.9 Å². The fraction of sp³-hybridized carbons (Fsp3) is 0.500. The molecule has 0 radical (unpaired) electrons. The summed E-state index contributed by atoms with van der Waals surface area (Å²) in [5.74, 6) is -0.839. The van der Waals surface area contributed by atoms with Crippen LogP contribution in [0.5, 0.6) is 0 Å². The highest BCUT2D eigenvalue weighted by Crippen LogP contribution is 2.27. The van der Waals surface area contributed by atoms with Crippen LogP contribution in [-0.4, -0.2) is 37.0 Å². The van der Waals surface area contributed by atoms with Crippen LogP contribution in [0.1, 0.15) is 25.3 Å². The highest BCUT2D eigenvalue weighted by molar-refractivity contribution is 7.89. The molecule has 0 amide bonds. The van der Waals surface area contributed by atoms with Gasteiger partial charge in [0.05, 0.1) is 17.7 Å². The van der Waals surface area contributed by atoms with E-state index >= 15 is 0 Å². The third-order valence-electron chi connectivity index (χ3n) is 3.86. The molecule has 5 nitrogen and oxygen atoms in total. The minimum atomic E-state index is -3.90. The summed E-state index contributed by atoms with van der Waals surface area (Å²) in [5, 5.41) is 18.2. The van der Waals surface area contributed by atoms with Crippen molar-refractivity contribution >= 4 is 10.0 Å². The largest absolute Gasteiger partial charge is 0.393 e. The fourth-order valence-electron chi connectivity index (χ4n) is 2.52. The predicted octanol–water partition coefficient (Wildman–Crippen LogP) is 1.48. The van der Waals surface area contributed by atoms with Gasteiger partial charge in [0.15, 0.2) is 0 Å². The van der Waals surface area contributed by atoms with E-state index in [0.717, 1.165) is 12.1 Å². The number of nitrogens with zero attached hydrogens (tertiary/aromatic N) is 2. The molecule has 1 fully saturated rings. The lowest BCUT2D eigenvalue weighted by molar-refractivity contribution is 0.0911. The van der Waals surface area contributed by atoms with Gasteiger partial charge in [-0.2, -0.15) is 9.57 Å². The molecule has 1 unspecified atom stereocenters. The molecule has 1 heterocycles. The Morgan fingerprint density at radius 1 is 1.43 bits per heavy atom. The lowest BCUT2D eigenvalue weighted by atomic mass is 9.93. The van der Waals surface area contributed by atoms with Crippen LogP contribution >= 0.6 is 0 Å². The van der Waals surface area contributed by atoms with Gasteiger partial charge in [-0.1, -0.05) is 0 Å². The number of hydrogen-bond acceptors (Lipinski definition) is 4. The van der Waals surface area contributed by atoms with Gasteiger partial charge in [0.25, 0.3) is 0 Å². The Hall–Kier alpha value is -1.49. The smallest absolute Gasteiger partial charge is 0.245 e. The van der Waals surface area contributed by atoms with Gasteiger partial charge in [0, 0.05) is 13.1 Å². The SMILES string of the molecule is CC(O)C1CCN(S(=O)(=O)c2ccc(C#N)cc2F)CC1. The average Bonchev–Trinajstić information content (AvgIpc) is 2.46. The molecule has 0 aromatic heterocycles. The summed E-state index contributed by atoms with van der Waals surface area (Å²) in [7, 11) is -3.90. The van der Waals surface area contributed by atoms with Crippen LogP contribution in [0.25, 0.3) is 0 Å². The van der Waals surface area contributed by atoms with E-state index in [2.05, 4.69) is 0 Å². The monoisotopic (exact) mass is 312 g/mol. The van der Waals surface area contributed by atoms with E-state index in [-0.39, 0.29) is 24.6 Å². The van der Waals surface area contributed by atoms with Crippen LogP contribution in [0, 0.1) is 23.1 Å². The van der Waals surface area contributed by atoms with Crippen LogP contribution in [0.4, 0.5) is 4.39 Å². The molecule has 7 heteroatoms. The average molecular weight is 312 g/mol. The summed E-state index contributed by atoms with van der Waals surface area (Å²) in [6.07, 6.45) is 0.630. The van der Waals surface area contributed by atoms with Crippen molar-refractivity contribution in [2.24, 2.45) is 5.92 Å². The fourth-order valence-corrected chi connectivity index (χ4v) is 4.03. The van der Waals surface area contributed by atoms with Crippen LogP contribution in [-0.2, 0) is 10.0 Å². The number of aliphatic hydroxyl groups is 1. The maximum absolute atomic E-state index is 13.9. The Balaban J connectivity index is 2.22. The summed E-state index contributed by atoms with van der Waals surface area (Å²) in [6.45, 7) is 2.21. The van der Waals surface area contributed by atoms with Gasteiger partial charge in [-0.05, 0) is 43.9 Å². The number of hydrogen-bond donors (Lipinski definition) is 1. The summed E-state index contributed by atoms with van der Waals surface area (Å²) in [5.41, 5.74) is 0.0827. The minimum Gasteiger partial charge on any atom is -0.393 e. The molecular formula is C14H17FN2O3S. The number of benzene rings is 1. The van der Waals surface area contributed by atoms with Gasteiger partial charge in [0.1, 0.15) is 10.7 Å². The molecule has 1 atom stereocenters. The molecule has 0 bridgehead atoms. The Kier molecular flexibility index (Phi) is 4.61. The van der Waals surface area contributed by atoms with Crippen molar-refractivity contribution < 1.29 is 17.9 Å². The Morgan fingerprint density at radius 3 is 2.52 bits per heavy atom. The first-order chi connectivity index (χ1) is 9.86. The second-order valence-electron chi connectivity index (χ2n) is 5.24. The van der Waals surface area contributed by atoms with Crippen molar-refractivity contribution in [3.63, 3.8) is 0 Å². The lowest BCUT2D eigenvalue weighted by Crippen LogP contribution is -2.40. The quantitative estimate of drug-likeness (QED) is 0.916. The maximum atomic E-state index is 13.9. The molecular weight excluding hydrogens is 295 g/mol. The van der Waals surface area contributed by atoms with Gasteiger partial charge >= 0.3 is 0 Å². The molecule has 1 aliphatic rings. The van der Waals surface area contributed by atoms with E-state index in [0.29, 0.717) is 12.8 Å². The Labute approximate surface area is 123 Å². The van der Waals surface area contributed by atoms with Gasteiger partial charge < -0.3 is 5.11 Å². The minimum absolute atomic E-state index is 0.0715. The second-order valence-corrected chi connectivity index (χ2v) is 7.15. The van der Waals surface area contributed by atoms with Gasteiger partial charge in [0.2, 0.25) is 10.0 Å². The molecule has 21 heavy (non-hydrogen) atoms. The zero-order valence-electron chi connectivity index (χ0n) is 11.7. The number of nitriles is 1. The van der Waals surface area contributed by atoms with E-state index in [1.54, 1.807) is 13.0 Å².